The molecule has 1 aliphatic carbocycles. The molecule has 0 spiro atoms. The van der Waals surface area contributed by atoms with E-state index < -0.39 is 12.2 Å². The molecule has 2 atom stereocenters. The van der Waals surface area contributed by atoms with Crippen LogP contribution in [0.15, 0.2) is 36.4 Å². The maximum absolute atomic E-state index is 13.6. The molecule has 1 saturated carbocycles. The van der Waals surface area contributed by atoms with Crippen molar-refractivity contribution >= 4 is 12.0 Å². The number of aromatic nitrogens is 1. The molecule has 32 heavy (non-hydrogen) atoms. The van der Waals surface area contributed by atoms with Crippen molar-refractivity contribution in [1.29, 1.82) is 0 Å². The second-order valence-corrected chi connectivity index (χ2v) is 9.38. The number of esters is 1. The van der Waals surface area contributed by atoms with Gasteiger partial charge in [-0.3, -0.25) is 9.78 Å². The lowest BCUT2D eigenvalue weighted by molar-refractivity contribution is -0.156. The number of aliphatic hydroxyl groups excluding tert-OH is 1. The van der Waals surface area contributed by atoms with Crippen molar-refractivity contribution in [3.8, 4) is 11.3 Å². The summed E-state index contributed by atoms with van der Waals surface area (Å²) in [5.74, 6) is 0.0556. The number of hydrogen-bond acceptors (Lipinski definition) is 4. The van der Waals surface area contributed by atoms with Crippen LogP contribution in [0.2, 0.25) is 0 Å². The molecule has 0 amide bonds. The lowest BCUT2D eigenvalue weighted by atomic mass is 9.84. The predicted octanol–water partition coefficient (Wildman–Crippen LogP) is 6.14. The molecule has 0 unspecified atom stereocenters. The first-order valence-electron chi connectivity index (χ1n) is 11.8. The number of pyridine rings is 1. The van der Waals surface area contributed by atoms with E-state index in [1.807, 2.05) is 12.2 Å². The van der Waals surface area contributed by atoms with Crippen LogP contribution in [0.4, 0.5) is 4.39 Å². The number of cyclic esters (lactones) is 1. The molecule has 4 rings (SSSR count). The fourth-order valence-corrected chi connectivity index (χ4v) is 4.81. The van der Waals surface area contributed by atoms with Crippen molar-refractivity contribution < 1.29 is 19.0 Å². The summed E-state index contributed by atoms with van der Waals surface area (Å²) in [5.41, 5.74) is 4.95. The Bertz CT molecular complexity index is 977. The Morgan fingerprint density at radius 3 is 2.53 bits per heavy atom. The number of rotatable bonds is 5. The van der Waals surface area contributed by atoms with Crippen LogP contribution in [0.3, 0.4) is 0 Å². The monoisotopic (exact) mass is 437 g/mol. The quantitative estimate of drug-likeness (QED) is 0.571. The molecule has 170 valence electrons. The van der Waals surface area contributed by atoms with Crippen molar-refractivity contribution in [3.63, 3.8) is 0 Å². The first-order valence-corrected chi connectivity index (χ1v) is 11.8. The number of nitrogens with zero attached hydrogens (tertiary/aromatic N) is 1. The molecule has 1 saturated heterocycles. The van der Waals surface area contributed by atoms with Gasteiger partial charge in [-0.1, -0.05) is 39.2 Å². The third-order valence-electron chi connectivity index (χ3n) is 6.54. The molecular formula is C27H32FNO3. The Kier molecular flexibility index (Phi) is 7.04. The van der Waals surface area contributed by atoms with Crippen LogP contribution in [-0.4, -0.2) is 28.3 Å². The van der Waals surface area contributed by atoms with E-state index in [0.29, 0.717) is 12.3 Å². The minimum atomic E-state index is -0.682. The van der Waals surface area contributed by atoms with Gasteiger partial charge in [0.1, 0.15) is 11.9 Å². The lowest BCUT2D eigenvalue weighted by Gasteiger charge is -2.25. The molecule has 4 nitrogen and oxygen atoms in total. The van der Waals surface area contributed by atoms with Gasteiger partial charge in [-0.15, -0.1) is 0 Å². The maximum atomic E-state index is 13.6. The zero-order valence-electron chi connectivity index (χ0n) is 18.9. The highest BCUT2D eigenvalue weighted by molar-refractivity contribution is 5.76. The third-order valence-corrected chi connectivity index (χ3v) is 6.54. The Morgan fingerprint density at radius 1 is 1.16 bits per heavy atom. The molecule has 2 fully saturated rings. The zero-order valence-corrected chi connectivity index (χ0v) is 18.9. The second kappa shape index (κ2) is 9.95. The normalized spacial score (nSPS) is 22.5. The van der Waals surface area contributed by atoms with Gasteiger partial charge < -0.3 is 9.84 Å². The number of halogens is 1. The number of hydrogen-bond donors (Lipinski definition) is 1. The van der Waals surface area contributed by atoms with E-state index in [1.165, 1.54) is 37.0 Å². The van der Waals surface area contributed by atoms with Gasteiger partial charge in [-0.2, -0.15) is 0 Å². The van der Waals surface area contributed by atoms with E-state index in [0.717, 1.165) is 35.4 Å². The summed E-state index contributed by atoms with van der Waals surface area (Å²) in [4.78, 5) is 16.8. The van der Waals surface area contributed by atoms with Crippen LogP contribution >= 0.6 is 0 Å². The summed E-state index contributed by atoms with van der Waals surface area (Å²) < 4.78 is 19.0. The van der Waals surface area contributed by atoms with E-state index in [2.05, 4.69) is 19.9 Å². The minimum absolute atomic E-state index is 0.0417. The van der Waals surface area contributed by atoms with E-state index >= 15 is 0 Å². The molecular weight excluding hydrogens is 405 g/mol. The van der Waals surface area contributed by atoms with Crippen LogP contribution in [0.1, 0.15) is 87.4 Å². The second-order valence-electron chi connectivity index (χ2n) is 9.38. The molecule has 5 heteroatoms. The van der Waals surface area contributed by atoms with E-state index in [1.54, 1.807) is 12.1 Å². The van der Waals surface area contributed by atoms with E-state index in [-0.39, 0.29) is 24.1 Å². The first kappa shape index (κ1) is 22.7. The van der Waals surface area contributed by atoms with Crippen LogP contribution < -0.4 is 0 Å². The van der Waals surface area contributed by atoms with Gasteiger partial charge in [-0.25, -0.2) is 4.39 Å². The molecule has 2 heterocycles. The van der Waals surface area contributed by atoms with E-state index in [9.17, 15) is 14.3 Å². The number of carbonyl (C=O) groups is 1. The maximum Gasteiger partial charge on any atom is 0.309 e. The highest BCUT2D eigenvalue weighted by Crippen LogP contribution is 2.37. The average Bonchev–Trinajstić information content (AvgIpc) is 2.77. The third kappa shape index (κ3) is 5.26. The first-order chi connectivity index (χ1) is 15.4. The molecule has 1 aromatic heterocycles. The average molecular weight is 438 g/mol. The number of ether oxygens (including phenoxy) is 1. The van der Waals surface area contributed by atoms with Crippen LogP contribution in [0.5, 0.6) is 0 Å². The Hall–Kier alpha value is -2.53. The highest BCUT2D eigenvalue weighted by Gasteiger charge is 2.26. The topological polar surface area (TPSA) is 59.4 Å². The Balaban J connectivity index is 1.79. The largest absolute Gasteiger partial charge is 0.458 e. The fourth-order valence-electron chi connectivity index (χ4n) is 4.81. The number of carbonyl (C=O) groups excluding carboxylic acids is 1. The van der Waals surface area contributed by atoms with Gasteiger partial charge in [-0.05, 0) is 60.7 Å². The SMILES string of the molecule is CC(C)c1cc(C2CCCCC2)nc(-c2ccc(F)cc2)c1/C=C/[C@@H]1C[C@@H](O)CC(=O)O1. The van der Waals surface area contributed by atoms with Crippen molar-refractivity contribution in [2.45, 2.75) is 82.8 Å². The summed E-state index contributed by atoms with van der Waals surface area (Å²) in [6, 6.07) is 8.70. The summed E-state index contributed by atoms with van der Waals surface area (Å²) in [5, 5.41) is 9.95. The molecule has 0 radical (unpaired) electrons. The Morgan fingerprint density at radius 2 is 1.88 bits per heavy atom. The summed E-state index contributed by atoms with van der Waals surface area (Å²) in [7, 11) is 0. The van der Waals surface area contributed by atoms with Gasteiger partial charge in [0.15, 0.2) is 0 Å². The van der Waals surface area contributed by atoms with Gasteiger partial charge in [0.2, 0.25) is 0 Å². The van der Waals surface area contributed by atoms with Crippen LogP contribution in [-0.2, 0) is 9.53 Å². The smallest absolute Gasteiger partial charge is 0.309 e. The number of benzene rings is 1. The molecule has 1 aromatic carbocycles. The minimum Gasteiger partial charge on any atom is -0.458 e. The molecule has 1 N–H and O–H groups in total. The van der Waals surface area contributed by atoms with Gasteiger partial charge in [0.25, 0.3) is 0 Å². The van der Waals surface area contributed by atoms with Crippen molar-refractivity contribution in [2.24, 2.45) is 0 Å². The summed E-state index contributed by atoms with van der Waals surface area (Å²) >= 11 is 0. The van der Waals surface area contributed by atoms with Gasteiger partial charge in [0, 0.05) is 29.2 Å². The van der Waals surface area contributed by atoms with Gasteiger partial charge >= 0.3 is 5.97 Å². The molecule has 1 aliphatic heterocycles. The lowest BCUT2D eigenvalue weighted by Crippen LogP contribution is -2.31. The van der Waals surface area contributed by atoms with Gasteiger partial charge in [0.05, 0.1) is 18.2 Å². The number of aliphatic hydroxyl groups is 1. The predicted molar refractivity (Wildman–Crippen MR) is 124 cm³/mol. The molecule has 0 bridgehead atoms. The van der Waals surface area contributed by atoms with Crippen molar-refractivity contribution in [3.05, 3.63) is 59.0 Å². The van der Waals surface area contributed by atoms with Crippen molar-refractivity contribution in [2.75, 3.05) is 0 Å². The summed E-state index contributed by atoms with van der Waals surface area (Å²) in [6.07, 6.45) is 9.13. The van der Waals surface area contributed by atoms with Crippen molar-refractivity contribution in [1.82, 2.24) is 4.98 Å². The molecule has 2 aromatic rings. The standard InChI is InChI=1S/C27H32FNO3/c1-17(2)24-16-25(18-6-4-3-5-7-18)29-27(19-8-10-20(28)11-9-19)23(24)13-12-22-14-21(30)15-26(31)32-22/h8-13,16-18,21-22,30H,3-7,14-15H2,1-2H3/b13-12+/t21-,22-/m1/s1. The molecule has 2 aliphatic rings. The highest BCUT2D eigenvalue weighted by atomic mass is 19.1. The zero-order chi connectivity index (χ0) is 22.7. The van der Waals surface area contributed by atoms with E-state index in [4.69, 9.17) is 9.72 Å². The fraction of sp³-hybridized carbons (Fsp3) is 0.481. The van der Waals surface area contributed by atoms with Crippen LogP contribution in [0, 0.1) is 5.82 Å². The Labute approximate surface area is 189 Å². The van der Waals surface area contributed by atoms with Crippen LogP contribution in [0.25, 0.3) is 17.3 Å². The summed E-state index contributed by atoms with van der Waals surface area (Å²) in [6.45, 7) is 4.33.